The minimum atomic E-state index is -0.357. The van der Waals surface area contributed by atoms with Crippen LogP contribution in [0.15, 0.2) is 166 Å². The quantitative estimate of drug-likeness (QED) is 0.129. The summed E-state index contributed by atoms with van der Waals surface area (Å²) < 4.78 is 8.71. The summed E-state index contributed by atoms with van der Waals surface area (Å²) in [6, 6.07) is 45.0. The number of amidine groups is 1. The number of thioether (sulfide) groups is 1. The van der Waals surface area contributed by atoms with E-state index in [0.717, 1.165) is 38.6 Å². The first kappa shape index (κ1) is 30.4. The van der Waals surface area contributed by atoms with E-state index in [1.165, 1.54) is 41.8 Å². The maximum atomic E-state index is 6.65. The number of fused-ring (bicyclic) bond motifs is 9. The Hall–Kier alpha value is -5.40. The van der Waals surface area contributed by atoms with Crippen LogP contribution in [0, 0.1) is 0 Å². The number of allylic oxidation sites excluding steroid dienone is 3. The van der Waals surface area contributed by atoms with Gasteiger partial charge in [0.05, 0.1) is 0 Å². The first-order valence-corrected chi connectivity index (χ1v) is 19.0. The molecule has 0 saturated carbocycles. The maximum absolute atomic E-state index is 6.65. The molecule has 2 aromatic heterocycles. The largest absolute Gasteiger partial charge is 0.456 e. The van der Waals surface area contributed by atoms with Crippen LogP contribution >= 0.6 is 23.1 Å². The molecular formula is C45H33N3OS2. The van der Waals surface area contributed by atoms with Gasteiger partial charge >= 0.3 is 0 Å². The van der Waals surface area contributed by atoms with Crippen molar-refractivity contribution in [3.8, 4) is 11.1 Å². The van der Waals surface area contributed by atoms with Crippen molar-refractivity contribution >= 4 is 71.0 Å². The van der Waals surface area contributed by atoms with Gasteiger partial charge in [0.25, 0.3) is 0 Å². The molecule has 3 unspecified atom stereocenters. The van der Waals surface area contributed by atoms with E-state index in [0.29, 0.717) is 23.5 Å². The SMILES string of the molecule is NC(=NC(NCc1ccc2c(c1)oc1ccccc12)c1ccc2c(c1)sc1cccc(-c3cccc4c3SC3C=CC=CC43)c12)c1ccccc1. The van der Waals surface area contributed by atoms with Crippen LogP contribution in [0.25, 0.3) is 53.2 Å². The fourth-order valence-corrected chi connectivity index (χ4v) is 10.3. The zero-order chi connectivity index (χ0) is 33.9. The number of aliphatic imine (C=N–C) groups is 1. The predicted octanol–water partition coefficient (Wildman–Crippen LogP) is 11.5. The molecule has 3 N–H and O–H groups in total. The minimum absolute atomic E-state index is 0.357. The Balaban J connectivity index is 1.03. The summed E-state index contributed by atoms with van der Waals surface area (Å²) in [5, 5.41) is 9.02. The third-order valence-electron chi connectivity index (χ3n) is 10.2. The number of thiophene rings is 1. The topological polar surface area (TPSA) is 63.5 Å². The second-order valence-corrected chi connectivity index (χ2v) is 15.5. The summed E-state index contributed by atoms with van der Waals surface area (Å²) >= 11 is 3.84. The van der Waals surface area contributed by atoms with E-state index in [2.05, 4.69) is 108 Å². The molecule has 0 fully saturated rings. The molecule has 3 atom stereocenters. The Morgan fingerprint density at radius 3 is 2.47 bits per heavy atom. The van der Waals surface area contributed by atoms with Crippen LogP contribution in [-0.4, -0.2) is 11.1 Å². The first-order chi connectivity index (χ1) is 25.2. The molecule has 246 valence electrons. The average Bonchev–Trinajstić information content (AvgIpc) is 3.87. The van der Waals surface area contributed by atoms with Gasteiger partial charge in [-0.1, -0.05) is 127 Å². The van der Waals surface area contributed by atoms with Crippen LogP contribution in [-0.2, 0) is 6.54 Å². The van der Waals surface area contributed by atoms with Crippen molar-refractivity contribution in [1.29, 1.82) is 0 Å². The minimum Gasteiger partial charge on any atom is -0.456 e. The van der Waals surface area contributed by atoms with Gasteiger partial charge in [-0.3, -0.25) is 5.32 Å². The second-order valence-electron chi connectivity index (χ2n) is 13.2. The molecule has 6 heteroatoms. The molecule has 4 nitrogen and oxygen atoms in total. The Kier molecular flexibility index (Phi) is 7.41. The lowest BCUT2D eigenvalue weighted by Gasteiger charge is -2.17. The monoisotopic (exact) mass is 695 g/mol. The van der Waals surface area contributed by atoms with Gasteiger partial charge < -0.3 is 10.2 Å². The summed E-state index contributed by atoms with van der Waals surface area (Å²) in [5.74, 6) is 0.935. The van der Waals surface area contributed by atoms with Crippen molar-refractivity contribution in [2.45, 2.75) is 28.8 Å². The molecule has 0 bridgehead atoms. The van der Waals surface area contributed by atoms with Crippen LogP contribution in [0.2, 0.25) is 0 Å². The molecule has 0 amide bonds. The van der Waals surface area contributed by atoms with Gasteiger partial charge in [0, 0.05) is 59.1 Å². The first-order valence-electron chi connectivity index (χ1n) is 17.3. The number of nitrogens with one attached hydrogen (secondary N) is 1. The van der Waals surface area contributed by atoms with Crippen molar-refractivity contribution in [2.75, 3.05) is 0 Å². The van der Waals surface area contributed by atoms with Crippen LogP contribution in [0.1, 0.15) is 34.3 Å². The van der Waals surface area contributed by atoms with Gasteiger partial charge in [0.1, 0.15) is 23.2 Å². The fourth-order valence-electron chi connectivity index (χ4n) is 7.67. The summed E-state index contributed by atoms with van der Waals surface area (Å²) in [6.07, 6.45) is 8.71. The molecule has 8 aromatic rings. The predicted molar refractivity (Wildman–Crippen MR) is 216 cm³/mol. The van der Waals surface area contributed by atoms with Gasteiger partial charge in [-0.25, -0.2) is 4.99 Å². The van der Waals surface area contributed by atoms with Crippen LogP contribution in [0.5, 0.6) is 0 Å². The van der Waals surface area contributed by atoms with E-state index >= 15 is 0 Å². The summed E-state index contributed by atoms with van der Waals surface area (Å²) in [6.45, 7) is 0.598. The summed E-state index contributed by atoms with van der Waals surface area (Å²) in [7, 11) is 0. The zero-order valence-corrected chi connectivity index (χ0v) is 29.3. The zero-order valence-electron chi connectivity index (χ0n) is 27.6. The lowest BCUT2D eigenvalue weighted by atomic mass is 9.89. The highest BCUT2D eigenvalue weighted by Crippen LogP contribution is 2.53. The molecule has 1 aliphatic heterocycles. The van der Waals surface area contributed by atoms with Crippen LogP contribution in [0.3, 0.4) is 0 Å². The van der Waals surface area contributed by atoms with E-state index in [9.17, 15) is 0 Å². The van der Waals surface area contributed by atoms with Gasteiger partial charge in [0.2, 0.25) is 0 Å². The number of nitrogens with zero attached hydrogens (tertiary/aromatic N) is 1. The number of para-hydroxylation sites is 1. The third-order valence-corrected chi connectivity index (χ3v) is 12.7. The lowest BCUT2D eigenvalue weighted by molar-refractivity contribution is 0.554. The molecular weight excluding hydrogens is 663 g/mol. The van der Waals surface area contributed by atoms with Gasteiger partial charge in [-0.05, 0) is 52.1 Å². The summed E-state index contributed by atoms with van der Waals surface area (Å²) in [5.41, 5.74) is 15.6. The highest BCUT2D eigenvalue weighted by molar-refractivity contribution is 8.00. The molecule has 2 aliphatic rings. The van der Waals surface area contributed by atoms with E-state index in [1.807, 2.05) is 71.6 Å². The molecule has 6 aromatic carbocycles. The maximum Gasteiger partial charge on any atom is 0.135 e. The molecule has 51 heavy (non-hydrogen) atoms. The Bertz CT molecular complexity index is 2720. The summed E-state index contributed by atoms with van der Waals surface area (Å²) in [4.78, 5) is 6.49. The standard InChI is InChI=1S/C45H33N3OS2/c46-44(28-10-2-1-3-11-28)48-45(47-26-27-20-22-31-30-12-4-6-17-37(30)49-38(31)24-27)29-21-23-36-41(25-29)50-40-19-9-14-33(42(36)40)35-16-8-15-34-32-13-5-7-18-39(32)51-43(34)35/h1-25,32,39,45,47H,26H2,(H2,46,48). The number of furan rings is 1. The van der Waals surface area contributed by atoms with E-state index in [-0.39, 0.29) is 6.17 Å². The number of nitrogens with two attached hydrogens (primary N) is 1. The number of hydrogen-bond donors (Lipinski definition) is 2. The number of hydrogen-bond acceptors (Lipinski definition) is 5. The van der Waals surface area contributed by atoms with Crippen LogP contribution < -0.4 is 11.1 Å². The Labute approximate surface area is 304 Å². The van der Waals surface area contributed by atoms with Crippen molar-refractivity contribution in [3.63, 3.8) is 0 Å². The molecule has 3 heterocycles. The van der Waals surface area contributed by atoms with Gasteiger partial charge in [0.15, 0.2) is 0 Å². The van der Waals surface area contributed by atoms with Gasteiger partial charge in [-0.2, -0.15) is 0 Å². The van der Waals surface area contributed by atoms with Crippen molar-refractivity contribution in [3.05, 3.63) is 174 Å². The highest BCUT2D eigenvalue weighted by Gasteiger charge is 2.33. The molecule has 0 radical (unpaired) electrons. The van der Waals surface area contributed by atoms with E-state index < -0.39 is 0 Å². The van der Waals surface area contributed by atoms with E-state index in [1.54, 1.807) is 0 Å². The molecule has 10 rings (SSSR count). The fraction of sp³-hybridized carbons (Fsp3) is 0.0889. The number of benzene rings is 6. The normalized spacial score (nSPS) is 17.5. The smallest absolute Gasteiger partial charge is 0.135 e. The lowest BCUT2D eigenvalue weighted by Crippen LogP contribution is -2.23. The molecule has 1 aliphatic carbocycles. The van der Waals surface area contributed by atoms with E-state index in [4.69, 9.17) is 15.1 Å². The molecule has 0 spiro atoms. The van der Waals surface area contributed by atoms with Crippen molar-refractivity contribution in [2.24, 2.45) is 10.7 Å². The Morgan fingerprint density at radius 1 is 0.725 bits per heavy atom. The highest BCUT2D eigenvalue weighted by atomic mass is 32.2. The third kappa shape index (κ3) is 5.30. The Morgan fingerprint density at radius 2 is 1.53 bits per heavy atom. The van der Waals surface area contributed by atoms with Gasteiger partial charge in [-0.15, -0.1) is 23.1 Å². The van der Waals surface area contributed by atoms with Crippen LogP contribution in [0.4, 0.5) is 0 Å². The molecule has 0 saturated heterocycles. The second kappa shape index (κ2) is 12.4. The van der Waals surface area contributed by atoms with Crippen molar-refractivity contribution < 1.29 is 4.42 Å². The van der Waals surface area contributed by atoms with Crippen molar-refractivity contribution in [1.82, 2.24) is 5.32 Å². The number of rotatable bonds is 7. The average molecular weight is 696 g/mol.